The monoisotopic (exact) mass is 314 g/mol. The van der Waals surface area contributed by atoms with Crippen LogP contribution in [0.2, 0.25) is 0 Å². The Hall–Kier alpha value is -0.130. The largest absolute Gasteiger partial charge is 0.317 e. The summed E-state index contributed by atoms with van der Waals surface area (Å²) in [4.78, 5) is 0. The second-order valence-corrected chi connectivity index (χ2v) is 9.24. The lowest BCUT2D eigenvalue weighted by atomic mass is 9.91. The van der Waals surface area contributed by atoms with Gasteiger partial charge in [-0.15, -0.1) is 0 Å². The lowest BCUT2D eigenvalue weighted by Gasteiger charge is -2.31. The molecule has 1 saturated heterocycles. The summed E-state index contributed by atoms with van der Waals surface area (Å²) in [6.45, 7) is 2.87. The third-order valence-electron chi connectivity index (χ3n) is 5.38. The first-order valence-corrected chi connectivity index (χ1v) is 10.5. The van der Waals surface area contributed by atoms with E-state index in [0.717, 1.165) is 58.2 Å². The Morgan fingerprint density at radius 1 is 0.857 bits per heavy atom. The van der Waals surface area contributed by atoms with Crippen molar-refractivity contribution < 1.29 is 8.42 Å². The standard InChI is InChI=1S/C16H30N2O2S/c19-21(20,13-15-4-2-1-3-5-15)18(16-6-7-16)12-14-8-10-17-11-9-14/h14-17H,1-13H2. The van der Waals surface area contributed by atoms with Crippen molar-refractivity contribution in [1.82, 2.24) is 9.62 Å². The minimum absolute atomic E-state index is 0.327. The van der Waals surface area contributed by atoms with Crippen LogP contribution in [0, 0.1) is 11.8 Å². The van der Waals surface area contributed by atoms with Gasteiger partial charge in [0, 0.05) is 12.6 Å². The normalized spacial score (nSPS) is 26.3. The number of hydrogen-bond donors (Lipinski definition) is 1. The summed E-state index contributed by atoms with van der Waals surface area (Å²) in [6.07, 6.45) is 10.4. The molecule has 3 rings (SSSR count). The summed E-state index contributed by atoms with van der Waals surface area (Å²) in [5, 5.41) is 3.37. The Morgan fingerprint density at radius 2 is 1.52 bits per heavy atom. The topological polar surface area (TPSA) is 49.4 Å². The van der Waals surface area contributed by atoms with E-state index in [1.807, 2.05) is 4.31 Å². The van der Waals surface area contributed by atoms with E-state index in [0.29, 0.717) is 23.6 Å². The van der Waals surface area contributed by atoms with Crippen LogP contribution in [0.5, 0.6) is 0 Å². The molecule has 1 aliphatic heterocycles. The molecule has 0 bridgehead atoms. The molecule has 2 saturated carbocycles. The first kappa shape index (κ1) is 15.8. The van der Waals surface area contributed by atoms with Crippen LogP contribution in [-0.2, 0) is 10.0 Å². The van der Waals surface area contributed by atoms with Gasteiger partial charge in [-0.25, -0.2) is 8.42 Å². The van der Waals surface area contributed by atoms with E-state index < -0.39 is 10.0 Å². The summed E-state index contributed by atoms with van der Waals surface area (Å²) in [7, 11) is -3.05. The summed E-state index contributed by atoms with van der Waals surface area (Å²) in [5.74, 6) is 1.39. The molecule has 4 nitrogen and oxygen atoms in total. The molecule has 0 aromatic rings. The fourth-order valence-corrected chi connectivity index (χ4v) is 6.14. The van der Waals surface area contributed by atoms with Gasteiger partial charge in [-0.2, -0.15) is 4.31 Å². The molecule has 1 heterocycles. The molecule has 0 aromatic carbocycles. The highest BCUT2D eigenvalue weighted by atomic mass is 32.2. The van der Waals surface area contributed by atoms with Gasteiger partial charge in [-0.05, 0) is 63.5 Å². The molecule has 3 aliphatic rings. The lowest BCUT2D eigenvalue weighted by Crippen LogP contribution is -2.42. The van der Waals surface area contributed by atoms with Gasteiger partial charge >= 0.3 is 0 Å². The second-order valence-electron chi connectivity index (χ2n) is 7.28. The van der Waals surface area contributed by atoms with E-state index in [1.165, 1.54) is 19.3 Å². The Morgan fingerprint density at radius 3 is 2.14 bits per heavy atom. The molecule has 0 aromatic heterocycles. The number of sulfonamides is 1. The molecule has 122 valence electrons. The Labute approximate surface area is 129 Å². The molecule has 5 heteroatoms. The zero-order chi connectivity index (χ0) is 14.7. The second kappa shape index (κ2) is 6.97. The van der Waals surface area contributed by atoms with Gasteiger partial charge in [-0.3, -0.25) is 0 Å². The van der Waals surface area contributed by atoms with Crippen molar-refractivity contribution in [2.45, 2.75) is 63.8 Å². The van der Waals surface area contributed by atoms with E-state index in [9.17, 15) is 8.42 Å². The zero-order valence-corrected chi connectivity index (χ0v) is 13.9. The lowest BCUT2D eigenvalue weighted by molar-refractivity contribution is 0.280. The van der Waals surface area contributed by atoms with Crippen LogP contribution in [0.3, 0.4) is 0 Å². The maximum atomic E-state index is 12.9. The van der Waals surface area contributed by atoms with Crippen molar-refractivity contribution in [2.75, 3.05) is 25.4 Å². The molecule has 0 radical (unpaired) electrons. The van der Waals surface area contributed by atoms with E-state index in [1.54, 1.807) is 0 Å². The summed E-state index contributed by atoms with van der Waals surface area (Å²) < 4.78 is 27.6. The molecule has 0 unspecified atom stereocenters. The van der Waals surface area contributed by atoms with Crippen LogP contribution < -0.4 is 5.32 Å². The molecular weight excluding hydrogens is 284 g/mol. The Kier molecular flexibility index (Phi) is 5.23. The van der Waals surface area contributed by atoms with Crippen LogP contribution in [0.25, 0.3) is 0 Å². The highest BCUT2D eigenvalue weighted by Gasteiger charge is 2.39. The van der Waals surface area contributed by atoms with Gasteiger partial charge in [0.05, 0.1) is 5.75 Å². The van der Waals surface area contributed by atoms with Crippen LogP contribution in [0.1, 0.15) is 57.8 Å². The molecule has 2 aliphatic carbocycles. The quantitative estimate of drug-likeness (QED) is 0.819. The van der Waals surface area contributed by atoms with Crippen molar-refractivity contribution in [3.8, 4) is 0 Å². The van der Waals surface area contributed by atoms with Gasteiger partial charge in [0.15, 0.2) is 0 Å². The molecule has 0 spiro atoms. The van der Waals surface area contributed by atoms with Gasteiger partial charge in [0.25, 0.3) is 0 Å². The van der Waals surface area contributed by atoms with Gasteiger partial charge < -0.3 is 5.32 Å². The van der Waals surface area contributed by atoms with E-state index >= 15 is 0 Å². The van der Waals surface area contributed by atoms with Gasteiger partial charge in [0.2, 0.25) is 10.0 Å². The first-order valence-electron chi connectivity index (χ1n) is 8.85. The van der Waals surface area contributed by atoms with Gasteiger partial charge in [-0.1, -0.05) is 19.3 Å². The van der Waals surface area contributed by atoms with Crippen LogP contribution >= 0.6 is 0 Å². The van der Waals surface area contributed by atoms with Crippen LogP contribution in [-0.4, -0.2) is 44.2 Å². The molecule has 3 fully saturated rings. The van der Waals surface area contributed by atoms with Crippen molar-refractivity contribution in [3.63, 3.8) is 0 Å². The van der Waals surface area contributed by atoms with Crippen molar-refractivity contribution >= 4 is 10.0 Å². The van der Waals surface area contributed by atoms with E-state index in [4.69, 9.17) is 0 Å². The third-order valence-corrected chi connectivity index (χ3v) is 7.43. The molecular formula is C16H30N2O2S. The van der Waals surface area contributed by atoms with Gasteiger partial charge in [0.1, 0.15) is 0 Å². The summed E-state index contributed by atoms with van der Waals surface area (Å²) in [5.41, 5.74) is 0. The first-order chi connectivity index (χ1) is 10.1. The maximum absolute atomic E-state index is 12.9. The molecule has 0 amide bonds. The maximum Gasteiger partial charge on any atom is 0.214 e. The smallest absolute Gasteiger partial charge is 0.214 e. The van der Waals surface area contributed by atoms with Crippen LogP contribution in [0.4, 0.5) is 0 Å². The van der Waals surface area contributed by atoms with Crippen LogP contribution in [0.15, 0.2) is 0 Å². The minimum atomic E-state index is -3.05. The summed E-state index contributed by atoms with van der Waals surface area (Å²) >= 11 is 0. The molecule has 21 heavy (non-hydrogen) atoms. The third kappa shape index (κ3) is 4.42. The number of nitrogens with one attached hydrogen (secondary N) is 1. The number of piperidine rings is 1. The number of nitrogens with zero attached hydrogens (tertiary/aromatic N) is 1. The predicted octanol–water partition coefficient (Wildman–Crippen LogP) is 2.36. The SMILES string of the molecule is O=S(=O)(CC1CCCCC1)N(CC1CCNCC1)C1CC1. The fraction of sp³-hybridized carbons (Fsp3) is 1.00. The fourth-order valence-electron chi connectivity index (χ4n) is 3.92. The van der Waals surface area contributed by atoms with E-state index in [-0.39, 0.29) is 0 Å². The number of rotatable bonds is 6. The number of hydrogen-bond acceptors (Lipinski definition) is 3. The minimum Gasteiger partial charge on any atom is -0.317 e. The Bertz CT molecular complexity index is 422. The Balaban J connectivity index is 1.61. The average Bonchev–Trinajstić information content (AvgIpc) is 3.31. The van der Waals surface area contributed by atoms with Crippen molar-refractivity contribution in [1.29, 1.82) is 0 Å². The highest BCUT2D eigenvalue weighted by molar-refractivity contribution is 7.89. The zero-order valence-electron chi connectivity index (χ0n) is 13.1. The van der Waals surface area contributed by atoms with E-state index in [2.05, 4.69) is 5.32 Å². The summed E-state index contributed by atoms with van der Waals surface area (Å²) in [6, 6.07) is 0.327. The van der Waals surface area contributed by atoms with Crippen molar-refractivity contribution in [3.05, 3.63) is 0 Å². The predicted molar refractivity (Wildman–Crippen MR) is 85.7 cm³/mol. The highest BCUT2D eigenvalue weighted by Crippen LogP contribution is 2.33. The average molecular weight is 314 g/mol. The molecule has 1 N–H and O–H groups in total. The molecule has 0 atom stereocenters. The van der Waals surface area contributed by atoms with Crippen molar-refractivity contribution in [2.24, 2.45) is 11.8 Å².